The molecule has 3 N–H and O–H groups in total. The Bertz CT molecular complexity index is 339. The van der Waals surface area contributed by atoms with Crippen LogP contribution in [0.4, 0.5) is 0 Å². The maximum Gasteiger partial charge on any atom is 0.150 e. The lowest BCUT2D eigenvalue weighted by Crippen LogP contribution is -2.45. The van der Waals surface area contributed by atoms with Crippen molar-refractivity contribution in [3.63, 3.8) is 0 Å². The summed E-state index contributed by atoms with van der Waals surface area (Å²) in [5, 5.41) is 0. The summed E-state index contributed by atoms with van der Waals surface area (Å²) < 4.78 is 28.3. The molecule has 0 aromatic heterocycles. The van der Waals surface area contributed by atoms with E-state index < -0.39 is 9.84 Å². The number of nitrogens with two attached hydrogens (primary N) is 1. The molecule has 5 nitrogen and oxygen atoms in total. The van der Waals surface area contributed by atoms with Gasteiger partial charge in [-0.3, -0.25) is 11.3 Å². The van der Waals surface area contributed by atoms with E-state index in [0.29, 0.717) is 17.4 Å². The van der Waals surface area contributed by atoms with Crippen molar-refractivity contribution in [2.24, 2.45) is 17.7 Å². The van der Waals surface area contributed by atoms with Gasteiger partial charge >= 0.3 is 0 Å². The molecule has 3 atom stereocenters. The summed E-state index contributed by atoms with van der Waals surface area (Å²) in [6.45, 7) is 1.58. The van der Waals surface area contributed by atoms with E-state index in [9.17, 15) is 8.42 Å². The number of hydrogen-bond donors (Lipinski definition) is 2. The maximum atomic E-state index is 11.4. The Hall–Kier alpha value is -0.170. The highest BCUT2D eigenvalue weighted by molar-refractivity contribution is 7.91. The SMILES string of the molecule is NNC(CC1CCS(=O)(=O)C1)C1CCCOC1. The Balaban J connectivity index is 1.87. The van der Waals surface area contributed by atoms with Crippen LogP contribution in [-0.2, 0) is 14.6 Å². The molecule has 0 spiro atoms. The van der Waals surface area contributed by atoms with Crippen molar-refractivity contribution in [2.75, 3.05) is 24.7 Å². The van der Waals surface area contributed by atoms with E-state index in [1.54, 1.807) is 0 Å². The monoisotopic (exact) mass is 262 g/mol. The van der Waals surface area contributed by atoms with Gasteiger partial charge in [-0.1, -0.05) is 0 Å². The Kier molecular flexibility index (Phi) is 4.41. The second-order valence-corrected chi connectivity index (χ2v) is 7.48. The Labute approximate surface area is 103 Å². The zero-order valence-corrected chi connectivity index (χ0v) is 10.9. The third-order valence-electron chi connectivity index (χ3n) is 3.89. The summed E-state index contributed by atoms with van der Waals surface area (Å²) in [5.74, 6) is 6.96. The zero-order valence-electron chi connectivity index (χ0n) is 10.1. The van der Waals surface area contributed by atoms with Crippen LogP contribution < -0.4 is 11.3 Å². The van der Waals surface area contributed by atoms with Crippen LogP contribution in [0, 0.1) is 11.8 Å². The Morgan fingerprint density at radius 1 is 1.41 bits per heavy atom. The van der Waals surface area contributed by atoms with Gasteiger partial charge in [0.1, 0.15) is 0 Å². The lowest BCUT2D eigenvalue weighted by atomic mass is 9.87. The number of sulfone groups is 1. The van der Waals surface area contributed by atoms with Crippen LogP contribution >= 0.6 is 0 Å². The predicted octanol–water partition coefficient (Wildman–Crippen LogP) is 0.0697. The van der Waals surface area contributed by atoms with Crippen LogP contribution in [0.2, 0.25) is 0 Å². The minimum Gasteiger partial charge on any atom is -0.381 e. The molecule has 2 fully saturated rings. The van der Waals surface area contributed by atoms with Crippen molar-refractivity contribution in [3.05, 3.63) is 0 Å². The standard InChI is InChI=1S/C11H22N2O3S/c12-13-11(10-2-1-4-16-7-10)6-9-3-5-17(14,15)8-9/h9-11,13H,1-8,12H2. The fourth-order valence-electron chi connectivity index (χ4n) is 2.90. The summed E-state index contributed by atoms with van der Waals surface area (Å²) >= 11 is 0. The van der Waals surface area contributed by atoms with E-state index in [4.69, 9.17) is 10.6 Å². The highest BCUT2D eigenvalue weighted by Gasteiger charge is 2.32. The van der Waals surface area contributed by atoms with E-state index in [2.05, 4.69) is 5.43 Å². The average molecular weight is 262 g/mol. The lowest BCUT2D eigenvalue weighted by molar-refractivity contribution is 0.0357. The molecule has 0 amide bonds. The average Bonchev–Trinajstić information content (AvgIpc) is 2.67. The molecule has 2 heterocycles. The number of nitrogens with one attached hydrogen (secondary N) is 1. The third-order valence-corrected chi connectivity index (χ3v) is 5.73. The van der Waals surface area contributed by atoms with E-state index in [0.717, 1.165) is 38.9 Å². The van der Waals surface area contributed by atoms with Gasteiger partial charge in [0.25, 0.3) is 0 Å². The predicted molar refractivity (Wildman–Crippen MR) is 66.0 cm³/mol. The van der Waals surface area contributed by atoms with Gasteiger partial charge in [-0.05, 0) is 37.5 Å². The van der Waals surface area contributed by atoms with Crippen LogP contribution in [0.1, 0.15) is 25.7 Å². The summed E-state index contributed by atoms with van der Waals surface area (Å²) in [6, 6.07) is 0.189. The summed E-state index contributed by atoms with van der Waals surface area (Å²) in [7, 11) is -2.78. The second-order valence-electron chi connectivity index (χ2n) is 5.26. The molecule has 0 saturated carbocycles. The molecule has 100 valence electrons. The molecule has 0 aromatic carbocycles. The molecule has 3 unspecified atom stereocenters. The highest BCUT2D eigenvalue weighted by atomic mass is 32.2. The first-order chi connectivity index (χ1) is 8.11. The van der Waals surface area contributed by atoms with Gasteiger partial charge in [0, 0.05) is 12.6 Å². The minimum absolute atomic E-state index is 0.189. The molecule has 0 aromatic rings. The molecule has 0 bridgehead atoms. The molecule has 6 heteroatoms. The fourth-order valence-corrected chi connectivity index (χ4v) is 4.78. The van der Waals surface area contributed by atoms with Crippen molar-refractivity contribution >= 4 is 9.84 Å². The number of hydrogen-bond acceptors (Lipinski definition) is 5. The first kappa shape index (κ1) is 13.3. The topological polar surface area (TPSA) is 81.4 Å². The van der Waals surface area contributed by atoms with Crippen LogP contribution in [-0.4, -0.2) is 39.2 Å². The summed E-state index contributed by atoms with van der Waals surface area (Å²) in [4.78, 5) is 0. The van der Waals surface area contributed by atoms with Gasteiger partial charge in [-0.15, -0.1) is 0 Å². The van der Waals surface area contributed by atoms with Crippen LogP contribution in [0.5, 0.6) is 0 Å². The van der Waals surface area contributed by atoms with Gasteiger partial charge < -0.3 is 4.74 Å². The summed E-state index contributed by atoms with van der Waals surface area (Å²) in [6.07, 6.45) is 3.83. The van der Waals surface area contributed by atoms with Gasteiger partial charge in [0.15, 0.2) is 9.84 Å². The quantitative estimate of drug-likeness (QED) is 0.553. The molecule has 17 heavy (non-hydrogen) atoms. The number of ether oxygens (including phenoxy) is 1. The van der Waals surface area contributed by atoms with Crippen molar-refractivity contribution < 1.29 is 13.2 Å². The minimum atomic E-state index is -2.78. The first-order valence-corrected chi connectivity index (χ1v) is 8.17. The van der Waals surface area contributed by atoms with Crippen LogP contribution in [0.15, 0.2) is 0 Å². The van der Waals surface area contributed by atoms with Crippen molar-refractivity contribution in [3.8, 4) is 0 Å². The normalized spacial score (nSPS) is 34.6. The largest absolute Gasteiger partial charge is 0.381 e. The molecule has 2 saturated heterocycles. The molecule has 2 aliphatic rings. The fraction of sp³-hybridized carbons (Fsp3) is 1.00. The second kappa shape index (κ2) is 5.65. The van der Waals surface area contributed by atoms with E-state index in [1.165, 1.54) is 0 Å². The first-order valence-electron chi connectivity index (χ1n) is 6.35. The van der Waals surface area contributed by atoms with Gasteiger partial charge in [-0.25, -0.2) is 8.42 Å². The van der Waals surface area contributed by atoms with Crippen molar-refractivity contribution in [1.29, 1.82) is 0 Å². The van der Waals surface area contributed by atoms with E-state index in [1.807, 2.05) is 0 Å². The van der Waals surface area contributed by atoms with Gasteiger partial charge in [0.05, 0.1) is 18.1 Å². The molecule has 2 rings (SSSR count). The zero-order chi connectivity index (χ0) is 12.3. The van der Waals surface area contributed by atoms with Gasteiger partial charge in [0.2, 0.25) is 0 Å². The third kappa shape index (κ3) is 3.64. The van der Waals surface area contributed by atoms with Crippen LogP contribution in [0.3, 0.4) is 0 Å². The lowest BCUT2D eigenvalue weighted by Gasteiger charge is -2.31. The molecule has 0 aliphatic carbocycles. The number of rotatable bonds is 4. The highest BCUT2D eigenvalue weighted by Crippen LogP contribution is 2.27. The maximum absolute atomic E-state index is 11.4. The summed E-state index contributed by atoms with van der Waals surface area (Å²) in [5.41, 5.74) is 2.85. The van der Waals surface area contributed by atoms with Crippen molar-refractivity contribution in [2.45, 2.75) is 31.7 Å². The van der Waals surface area contributed by atoms with E-state index >= 15 is 0 Å². The van der Waals surface area contributed by atoms with E-state index in [-0.39, 0.29) is 12.0 Å². The molecule has 0 radical (unpaired) electrons. The molecular formula is C11H22N2O3S. The van der Waals surface area contributed by atoms with Crippen molar-refractivity contribution in [1.82, 2.24) is 5.43 Å². The van der Waals surface area contributed by atoms with Gasteiger partial charge in [-0.2, -0.15) is 0 Å². The molecular weight excluding hydrogens is 240 g/mol. The van der Waals surface area contributed by atoms with Crippen LogP contribution in [0.25, 0.3) is 0 Å². The smallest absolute Gasteiger partial charge is 0.150 e. The Morgan fingerprint density at radius 2 is 2.24 bits per heavy atom. The molecule has 2 aliphatic heterocycles. The Morgan fingerprint density at radius 3 is 2.76 bits per heavy atom. The number of hydrazine groups is 1.